The molecule has 7 heteroatoms. The summed E-state index contributed by atoms with van der Waals surface area (Å²) in [5.74, 6) is -2.74. The Kier molecular flexibility index (Phi) is 4.57. The summed E-state index contributed by atoms with van der Waals surface area (Å²) in [7, 11) is 0. The minimum atomic E-state index is -1.13. The van der Waals surface area contributed by atoms with Gasteiger partial charge in [0, 0.05) is 6.54 Å². The van der Waals surface area contributed by atoms with Crippen molar-refractivity contribution in [2.24, 2.45) is 0 Å². The lowest BCUT2D eigenvalue weighted by Gasteiger charge is -2.37. The molecule has 4 nitrogen and oxygen atoms in total. The predicted molar refractivity (Wildman–Crippen MR) is 68.7 cm³/mol. The highest BCUT2D eigenvalue weighted by atomic mass is 35.5. The van der Waals surface area contributed by atoms with Gasteiger partial charge in [0.25, 0.3) is 5.91 Å². The van der Waals surface area contributed by atoms with Crippen molar-refractivity contribution in [2.75, 3.05) is 19.8 Å². The number of rotatable bonds is 2. The molecule has 0 bridgehead atoms. The highest BCUT2D eigenvalue weighted by Gasteiger charge is 2.31. The molecule has 0 aromatic heterocycles. The van der Waals surface area contributed by atoms with Crippen LogP contribution in [0.15, 0.2) is 12.1 Å². The zero-order valence-corrected chi connectivity index (χ0v) is 11.5. The molecule has 2 atom stereocenters. The smallest absolute Gasteiger partial charge is 0.255 e. The van der Waals surface area contributed by atoms with Crippen molar-refractivity contribution in [2.45, 2.75) is 19.1 Å². The summed E-state index contributed by atoms with van der Waals surface area (Å²) in [5, 5.41) is 8.94. The van der Waals surface area contributed by atoms with Crippen LogP contribution >= 0.6 is 11.6 Å². The van der Waals surface area contributed by atoms with Crippen LogP contribution in [0.2, 0.25) is 5.02 Å². The number of amides is 1. The standard InChI is InChI=1S/C13H14ClF2NO3/c1-7-6-20-8(5-18)4-17(7)13(19)9-2-11(15)12(16)3-10(9)14/h2-3,7-8,18H,4-6H2,1H3. The molecule has 1 saturated heterocycles. The van der Waals surface area contributed by atoms with Gasteiger partial charge in [-0.1, -0.05) is 11.6 Å². The molecule has 1 aromatic rings. The number of nitrogens with zero attached hydrogens (tertiary/aromatic N) is 1. The molecule has 0 saturated carbocycles. The third-order valence-corrected chi connectivity index (χ3v) is 3.52. The van der Waals surface area contributed by atoms with Crippen LogP contribution in [-0.4, -0.2) is 47.8 Å². The van der Waals surface area contributed by atoms with Gasteiger partial charge in [0.2, 0.25) is 0 Å². The Balaban J connectivity index is 2.28. The summed E-state index contributed by atoms with van der Waals surface area (Å²) >= 11 is 5.80. The molecule has 0 spiro atoms. The highest BCUT2D eigenvalue weighted by Crippen LogP contribution is 2.24. The Morgan fingerprint density at radius 2 is 2.15 bits per heavy atom. The summed E-state index contributed by atoms with van der Waals surface area (Å²) < 4.78 is 31.6. The molecular weight excluding hydrogens is 292 g/mol. The topological polar surface area (TPSA) is 49.8 Å². The molecule has 2 rings (SSSR count). The van der Waals surface area contributed by atoms with Crippen LogP contribution in [0.5, 0.6) is 0 Å². The van der Waals surface area contributed by atoms with Crippen molar-refractivity contribution in [3.63, 3.8) is 0 Å². The first-order valence-corrected chi connectivity index (χ1v) is 6.49. The first-order valence-electron chi connectivity index (χ1n) is 6.12. The second kappa shape index (κ2) is 6.03. The van der Waals surface area contributed by atoms with Gasteiger partial charge < -0.3 is 14.7 Å². The second-order valence-electron chi connectivity index (χ2n) is 4.69. The largest absolute Gasteiger partial charge is 0.394 e. The number of ether oxygens (including phenoxy) is 1. The molecule has 1 aliphatic rings. The van der Waals surface area contributed by atoms with E-state index in [0.717, 1.165) is 12.1 Å². The molecule has 1 heterocycles. The summed E-state index contributed by atoms with van der Waals surface area (Å²) in [6.45, 7) is 1.98. The van der Waals surface area contributed by atoms with E-state index in [1.165, 1.54) is 4.90 Å². The van der Waals surface area contributed by atoms with Gasteiger partial charge in [-0.15, -0.1) is 0 Å². The van der Waals surface area contributed by atoms with Gasteiger partial charge in [-0.05, 0) is 19.1 Å². The van der Waals surface area contributed by atoms with Crippen molar-refractivity contribution in [1.82, 2.24) is 4.90 Å². The Labute approximate surface area is 119 Å². The number of carbonyl (C=O) groups excluding carboxylic acids is 1. The molecule has 1 aliphatic heterocycles. The van der Waals surface area contributed by atoms with E-state index in [-0.39, 0.29) is 36.4 Å². The van der Waals surface area contributed by atoms with Crippen LogP contribution in [-0.2, 0) is 4.74 Å². The minimum Gasteiger partial charge on any atom is -0.394 e. The fourth-order valence-electron chi connectivity index (χ4n) is 2.05. The minimum absolute atomic E-state index is 0.101. The summed E-state index contributed by atoms with van der Waals surface area (Å²) in [5.41, 5.74) is -0.101. The quantitative estimate of drug-likeness (QED) is 0.848. The molecule has 0 aliphatic carbocycles. The number of morpholine rings is 1. The van der Waals surface area contributed by atoms with Crippen LogP contribution in [0.3, 0.4) is 0 Å². The fraction of sp³-hybridized carbons (Fsp3) is 0.462. The van der Waals surface area contributed by atoms with Crippen molar-refractivity contribution >= 4 is 17.5 Å². The summed E-state index contributed by atoms with van der Waals surface area (Å²) in [4.78, 5) is 13.8. The van der Waals surface area contributed by atoms with E-state index in [0.29, 0.717) is 0 Å². The van der Waals surface area contributed by atoms with E-state index in [1.807, 2.05) is 0 Å². The predicted octanol–water partition coefficient (Wildman–Crippen LogP) is 1.84. The van der Waals surface area contributed by atoms with E-state index in [9.17, 15) is 13.6 Å². The lowest BCUT2D eigenvalue weighted by molar-refractivity contribution is -0.0667. The van der Waals surface area contributed by atoms with E-state index in [1.54, 1.807) is 6.92 Å². The average molecular weight is 306 g/mol. The number of hydrogen-bond acceptors (Lipinski definition) is 3. The Hall–Kier alpha value is -1.24. The van der Waals surface area contributed by atoms with Gasteiger partial charge in [0.15, 0.2) is 11.6 Å². The zero-order chi connectivity index (χ0) is 14.9. The Morgan fingerprint density at radius 1 is 1.50 bits per heavy atom. The van der Waals surface area contributed by atoms with Crippen LogP contribution in [0, 0.1) is 11.6 Å². The molecule has 110 valence electrons. The summed E-state index contributed by atoms with van der Waals surface area (Å²) in [6, 6.07) is 1.32. The maximum atomic E-state index is 13.3. The van der Waals surface area contributed by atoms with Gasteiger partial charge in [-0.2, -0.15) is 0 Å². The van der Waals surface area contributed by atoms with Crippen molar-refractivity contribution in [3.8, 4) is 0 Å². The van der Waals surface area contributed by atoms with Gasteiger partial charge in [0.1, 0.15) is 0 Å². The van der Waals surface area contributed by atoms with Gasteiger partial charge in [0.05, 0.1) is 35.9 Å². The maximum Gasteiger partial charge on any atom is 0.255 e. The normalized spacial score (nSPS) is 22.9. The van der Waals surface area contributed by atoms with Crippen LogP contribution in [0.25, 0.3) is 0 Å². The molecule has 2 unspecified atom stereocenters. The van der Waals surface area contributed by atoms with E-state index < -0.39 is 23.6 Å². The molecule has 1 amide bonds. The van der Waals surface area contributed by atoms with Gasteiger partial charge in [-0.25, -0.2) is 8.78 Å². The first kappa shape index (κ1) is 15.2. The Bertz CT molecular complexity index is 527. The molecule has 1 aromatic carbocycles. The number of benzene rings is 1. The highest BCUT2D eigenvalue weighted by molar-refractivity contribution is 6.33. The lowest BCUT2D eigenvalue weighted by Crippen LogP contribution is -2.52. The van der Waals surface area contributed by atoms with Crippen molar-refractivity contribution < 1.29 is 23.4 Å². The van der Waals surface area contributed by atoms with E-state index in [2.05, 4.69) is 0 Å². The van der Waals surface area contributed by atoms with Gasteiger partial charge in [-0.3, -0.25) is 4.79 Å². The summed E-state index contributed by atoms with van der Waals surface area (Å²) in [6.07, 6.45) is -0.487. The van der Waals surface area contributed by atoms with E-state index >= 15 is 0 Å². The third kappa shape index (κ3) is 2.92. The van der Waals surface area contributed by atoms with Crippen LogP contribution < -0.4 is 0 Å². The lowest BCUT2D eigenvalue weighted by atomic mass is 10.1. The maximum absolute atomic E-state index is 13.3. The average Bonchev–Trinajstić information content (AvgIpc) is 2.42. The Morgan fingerprint density at radius 3 is 2.80 bits per heavy atom. The first-order chi connectivity index (χ1) is 9.43. The number of aliphatic hydroxyl groups is 1. The number of aliphatic hydroxyl groups excluding tert-OH is 1. The van der Waals surface area contributed by atoms with E-state index in [4.69, 9.17) is 21.4 Å². The second-order valence-corrected chi connectivity index (χ2v) is 5.10. The molecule has 1 fully saturated rings. The molecular formula is C13H14ClF2NO3. The number of carbonyl (C=O) groups is 1. The van der Waals surface area contributed by atoms with Crippen LogP contribution in [0.1, 0.15) is 17.3 Å². The van der Waals surface area contributed by atoms with Crippen LogP contribution in [0.4, 0.5) is 8.78 Å². The third-order valence-electron chi connectivity index (χ3n) is 3.21. The fourth-order valence-corrected chi connectivity index (χ4v) is 2.28. The SMILES string of the molecule is CC1COC(CO)CN1C(=O)c1cc(F)c(F)cc1Cl. The zero-order valence-electron chi connectivity index (χ0n) is 10.8. The number of hydrogen-bond donors (Lipinski definition) is 1. The molecule has 0 radical (unpaired) electrons. The molecule has 20 heavy (non-hydrogen) atoms. The van der Waals surface area contributed by atoms with Crippen molar-refractivity contribution in [3.05, 3.63) is 34.4 Å². The number of halogens is 3. The van der Waals surface area contributed by atoms with Gasteiger partial charge >= 0.3 is 0 Å². The van der Waals surface area contributed by atoms with Crippen molar-refractivity contribution in [1.29, 1.82) is 0 Å². The molecule has 1 N–H and O–H groups in total. The monoisotopic (exact) mass is 305 g/mol.